The predicted molar refractivity (Wildman–Crippen MR) is 123 cm³/mol. The van der Waals surface area contributed by atoms with Crippen molar-refractivity contribution in [3.05, 3.63) is 93.1 Å². The summed E-state index contributed by atoms with van der Waals surface area (Å²) in [4.78, 5) is 40.1. The summed E-state index contributed by atoms with van der Waals surface area (Å²) in [5, 5.41) is 2.34. The molecule has 1 aromatic heterocycles. The summed E-state index contributed by atoms with van der Waals surface area (Å²) in [6, 6.07) is 20.4. The summed E-state index contributed by atoms with van der Waals surface area (Å²) in [5.74, 6) is -0.141. The molecule has 1 aliphatic carbocycles. The zero-order valence-corrected chi connectivity index (χ0v) is 17.3. The minimum absolute atomic E-state index is 0.0969. The van der Waals surface area contributed by atoms with Crippen molar-refractivity contribution in [2.75, 3.05) is 0 Å². The summed E-state index contributed by atoms with van der Waals surface area (Å²) in [6.07, 6.45) is 4.80. The van der Waals surface area contributed by atoms with Gasteiger partial charge in [0.2, 0.25) is 0 Å². The van der Waals surface area contributed by atoms with Crippen LogP contribution in [0.25, 0.3) is 21.7 Å². The fourth-order valence-electron chi connectivity index (χ4n) is 4.85. The molecule has 1 heterocycles. The maximum atomic E-state index is 13.5. The van der Waals surface area contributed by atoms with Gasteiger partial charge in [-0.15, -0.1) is 0 Å². The number of hydrogen-bond donors (Lipinski definition) is 0. The number of carbonyl (C=O) groups is 1. The highest BCUT2D eigenvalue weighted by atomic mass is 16.2. The molecule has 1 saturated carbocycles. The first-order valence-electron chi connectivity index (χ1n) is 10.9. The molecule has 0 N–H and O–H groups in total. The molecule has 1 aliphatic rings. The van der Waals surface area contributed by atoms with E-state index in [1.165, 1.54) is 9.13 Å². The second-order valence-corrected chi connectivity index (χ2v) is 8.30. The van der Waals surface area contributed by atoms with Crippen LogP contribution in [-0.4, -0.2) is 14.9 Å². The van der Waals surface area contributed by atoms with Crippen LogP contribution in [0, 0.1) is 0 Å². The average Bonchev–Trinajstić information content (AvgIpc) is 2.82. The lowest BCUT2D eigenvalue weighted by Crippen LogP contribution is -2.43. The lowest BCUT2D eigenvalue weighted by Gasteiger charge is -2.24. The second-order valence-electron chi connectivity index (χ2n) is 8.30. The van der Waals surface area contributed by atoms with E-state index in [1.807, 2.05) is 36.4 Å². The SMILES string of the molecule is O=C(Cn1c(=O)n(C2CCCCC2)c(=O)c2ccccc21)c1cccc2ccccc12. The predicted octanol–water partition coefficient (Wildman–Crippen LogP) is 4.70. The van der Waals surface area contributed by atoms with E-state index in [2.05, 4.69) is 0 Å². The Balaban J connectivity index is 1.66. The fourth-order valence-corrected chi connectivity index (χ4v) is 4.85. The third-order valence-electron chi connectivity index (χ3n) is 6.41. The third-order valence-corrected chi connectivity index (χ3v) is 6.41. The van der Waals surface area contributed by atoms with Gasteiger partial charge in [-0.05, 0) is 35.7 Å². The molecular weight excluding hydrogens is 388 g/mol. The number of rotatable bonds is 4. The number of Topliss-reactive ketones (excluding diaryl/α,β-unsaturated/α-hetero) is 1. The molecule has 4 aromatic rings. The van der Waals surface area contributed by atoms with Gasteiger partial charge < -0.3 is 0 Å². The molecule has 0 spiro atoms. The largest absolute Gasteiger partial charge is 0.332 e. The molecule has 0 bridgehead atoms. The summed E-state index contributed by atoms with van der Waals surface area (Å²) in [7, 11) is 0. The van der Waals surface area contributed by atoms with Crippen LogP contribution in [-0.2, 0) is 6.54 Å². The summed E-state index contributed by atoms with van der Waals surface area (Å²) < 4.78 is 2.88. The van der Waals surface area contributed by atoms with Gasteiger partial charge in [0.05, 0.1) is 17.4 Å². The van der Waals surface area contributed by atoms with Gasteiger partial charge in [0, 0.05) is 11.6 Å². The summed E-state index contributed by atoms with van der Waals surface area (Å²) in [6.45, 7) is -0.0969. The van der Waals surface area contributed by atoms with E-state index < -0.39 is 0 Å². The number of aromatic nitrogens is 2. The fraction of sp³-hybridized carbons (Fsp3) is 0.269. The Bertz CT molecular complexity index is 1400. The van der Waals surface area contributed by atoms with Crippen LogP contribution in [0.3, 0.4) is 0 Å². The molecule has 5 rings (SSSR count). The van der Waals surface area contributed by atoms with Gasteiger partial charge >= 0.3 is 5.69 Å². The van der Waals surface area contributed by atoms with Crippen LogP contribution < -0.4 is 11.2 Å². The first-order valence-corrected chi connectivity index (χ1v) is 10.9. The molecule has 5 nitrogen and oxygen atoms in total. The number of carbonyl (C=O) groups excluding carboxylic acids is 1. The molecule has 0 amide bonds. The molecule has 0 aliphatic heterocycles. The molecule has 0 unspecified atom stereocenters. The minimum Gasteiger partial charge on any atom is -0.292 e. The van der Waals surface area contributed by atoms with Crippen molar-refractivity contribution >= 4 is 27.5 Å². The highest BCUT2D eigenvalue weighted by Gasteiger charge is 2.23. The van der Waals surface area contributed by atoms with Gasteiger partial charge in [0.15, 0.2) is 5.78 Å². The van der Waals surface area contributed by atoms with Crippen LogP contribution in [0.4, 0.5) is 0 Å². The normalized spacial score (nSPS) is 14.8. The van der Waals surface area contributed by atoms with Crippen molar-refractivity contribution in [3.63, 3.8) is 0 Å². The highest BCUT2D eigenvalue weighted by molar-refractivity contribution is 6.08. The molecule has 0 radical (unpaired) electrons. The van der Waals surface area contributed by atoms with Crippen LogP contribution in [0.5, 0.6) is 0 Å². The van der Waals surface area contributed by atoms with Gasteiger partial charge in [-0.1, -0.05) is 73.9 Å². The molecule has 1 fully saturated rings. The Kier molecular flexibility index (Phi) is 5.02. The number of hydrogen-bond acceptors (Lipinski definition) is 3. The lowest BCUT2D eigenvalue weighted by atomic mass is 9.95. The number of benzene rings is 3. The van der Waals surface area contributed by atoms with Crippen molar-refractivity contribution in [3.8, 4) is 0 Å². The topological polar surface area (TPSA) is 61.1 Å². The van der Waals surface area contributed by atoms with Gasteiger partial charge in [0.25, 0.3) is 5.56 Å². The zero-order valence-electron chi connectivity index (χ0n) is 17.3. The van der Waals surface area contributed by atoms with Crippen LogP contribution >= 0.6 is 0 Å². The molecule has 0 saturated heterocycles. The molecule has 0 atom stereocenters. The smallest absolute Gasteiger partial charge is 0.292 e. The van der Waals surface area contributed by atoms with Crippen molar-refractivity contribution < 1.29 is 4.79 Å². The number of nitrogens with zero attached hydrogens (tertiary/aromatic N) is 2. The third kappa shape index (κ3) is 3.40. The molecule has 3 aromatic carbocycles. The van der Waals surface area contributed by atoms with Crippen LogP contribution in [0.1, 0.15) is 48.5 Å². The first kappa shape index (κ1) is 19.5. The maximum absolute atomic E-state index is 13.5. The number of para-hydroxylation sites is 1. The Morgan fingerprint density at radius 1 is 0.806 bits per heavy atom. The lowest BCUT2D eigenvalue weighted by molar-refractivity contribution is 0.0972. The van der Waals surface area contributed by atoms with E-state index in [-0.39, 0.29) is 29.6 Å². The Hall–Kier alpha value is -3.47. The van der Waals surface area contributed by atoms with Crippen LogP contribution in [0.2, 0.25) is 0 Å². The van der Waals surface area contributed by atoms with E-state index in [0.29, 0.717) is 16.5 Å². The van der Waals surface area contributed by atoms with Gasteiger partial charge in [-0.3, -0.25) is 18.7 Å². The number of fused-ring (bicyclic) bond motifs is 2. The second kappa shape index (κ2) is 7.99. The summed E-state index contributed by atoms with van der Waals surface area (Å²) in [5.41, 5.74) is 0.466. The van der Waals surface area contributed by atoms with Crippen molar-refractivity contribution in [1.82, 2.24) is 9.13 Å². The van der Waals surface area contributed by atoms with E-state index in [1.54, 1.807) is 30.3 Å². The van der Waals surface area contributed by atoms with Crippen molar-refractivity contribution in [2.24, 2.45) is 0 Å². The molecule has 156 valence electrons. The average molecular weight is 412 g/mol. The van der Waals surface area contributed by atoms with Crippen LogP contribution in [0.15, 0.2) is 76.3 Å². The van der Waals surface area contributed by atoms with Gasteiger partial charge in [0.1, 0.15) is 0 Å². The van der Waals surface area contributed by atoms with E-state index in [0.717, 1.165) is 42.9 Å². The van der Waals surface area contributed by atoms with Crippen molar-refractivity contribution in [1.29, 1.82) is 0 Å². The zero-order chi connectivity index (χ0) is 21.4. The Labute approximate surface area is 179 Å². The quantitative estimate of drug-likeness (QED) is 0.456. The molecule has 31 heavy (non-hydrogen) atoms. The van der Waals surface area contributed by atoms with E-state index in [9.17, 15) is 14.4 Å². The first-order chi connectivity index (χ1) is 15.1. The highest BCUT2D eigenvalue weighted by Crippen LogP contribution is 2.26. The van der Waals surface area contributed by atoms with Gasteiger partial charge in [-0.2, -0.15) is 0 Å². The summed E-state index contributed by atoms with van der Waals surface area (Å²) >= 11 is 0. The Morgan fingerprint density at radius 2 is 1.48 bits per heavy atom. The maximum Gasteiger partial charge on any atom is 0.332 e. The van der Waals surface area contributed by atoms with Gasteiger partial charge in [-0.25, -0.2) is 4.79 Å². The minimum atomic E-state index is -0.385. The van der Waals surface area contributed by atoms with Crippen molar-refractivity contribution in [2.45, 2.75) is 44.7 Å². The monoisotopic (exact) mass is 412 g/mol. The standard InChI is InChI=1S/C26H24N2O3/c29-24(21-15-8-10-18-9-4-5-13-20(18)21)17-27-23-16-7-6-14-22(23)25(30)28(26(27)31)19-11-2-1-3-12-19/h4-10,13-16,19H,1-3,11-12,17H2. The number of ketones is 1. The Morgan fingerprint density at radius 3 is 2.29 bits per heavy atom. The molecule has 5 heteroatoms. The van der Waals surface area contributed by atoms with E-state index >= 15 is 0 Å². The van der Waals surface area contributed by atoms with E-state index in [4.69, 9.17) is 0 Å². The molecular formula is C26H24N2O3.